The molecule has 0 aliphatic rings. The summed E-state index contributed by atoms with van der Waals surface area (Å²) in [4.78, 5) is 0. The maximum absolute atomic E-state index is 13.4. The molecule has 0 aliphatic heterocycles. The summed E-state index contributed by atoms with van der Waals surface area (Å²) in [5, 5.41) is 8.61. The molecule has 0 saturated carbocycles. The van der Waals surface area contributed by atoms with Gasteiger partial charge in [0, 0.05) is 0 Å². The number of benzene rings is 2. The third kappa shape index (κ3) is 3.26. The number of hydrogen-bond donors (Lipinski definition) is 0. The molecule has 0 N–H and O–H groups in total. The highest BCUT2D eigenvalue weighted by Crippen LogP contribution is 2.27. The van der Waals surface area contributed by atoms with Gasteiger partial charge in [0.25, 0.3) is 0 Å². The van der Waals surface area contributed by atoms with Crippen molar-refractivity contribution in [1.82, 2.24) is 0 Å². The van der Waals surface area contributed by atoms with Crippen LogP contribution in [-0.4, -0.2) is 6.36 Å². The van der Waals surface area contributed by atoms with E-state index in [1.165, 1.54) is 24.3 Å². The summed E-state index contributed by atoms with van der Waals surface area (Å²) in [5.74, 6) is -1.03. The monoisotopic (exact) mass is 281 g/mol. The molecule has 0 atom stereocenters. The van der Waals surface area contributed by atoms with E-state index in [9.17, 15) is 17.6 Å². The highest BCUT2D eigenvalue weighted by Gasteiger charge is 2.30. The fourth-order valence-electron chi connectivity index (χ4n) is 1.63. The summed E-state index contributed by atoms with van der Waals surface area (Å²) < 4.78 is 53.2. The Labute approximate surface area is 111 Å². The van der Waals surface area contributed by atoms with Crippen molar-refractivity contribution in [3.8, 4) is 22.9 Å². The highest BCUT2D eigenvalue weighted by atomic mass is 19.4. The zero-order chi connectivity index (χ0) is 14.8. The van der Waals surface area contributed by atoms with Gasteiger partial charge >= 0.3 is 6.36 Å². The Morgan fingerprint density at radius 3 is 2.05 bits per heavy atom. The average Bonchev–Trinajstić information content (AvgIpc) is 2.37. The highest BCUT2D eigenvalue weighted by molar-refractivity contribution is 5.65. The summed E-state index contributed by atoms with van der Waals surface area (Å²) in [6.07, 6.45) is -4.75. The van der Waals surface area contributed by atoms with E-state index in [1.54, 1.807) is 6.07 Å². The van der Waals surface area contributed by atoms with Crippen LogP contribution < -0.4 is 4.74 Å². The normalized spacial score (nSPS) is 10.9. The second-order valence-electron chi connectivity index (χ2n) is 3.88. The van der Waals surface area contributed by atoms with Gasteiger partial charge in [-0.3, -0.25) is 0 Å². The molecule has 2 nitrogen and oxygen atoms in total. The number of alkyl halides is 3. The van der Waals surface area contributed by atoms with Gasteiger partial charge in [0.1, 0.15) is 17.6 Å². The molecule has 2 aromatic rings. The molecule has 6 heteroatoms. The van der Waals surface area contributed by atoms with Gasteiger partial charge in [-0.2, -0.15) is 5.26 Å². The SMILES string of the molecule is N#Cc1ccc(-c2ccc(OC(F)(F)F)cc2)cc1F. The second kappa shape index (κ2) is 5.21. The van der Waals surface area contributed by atoms with Crippen molar-refractivity contribution in [1.29, 1.82) is 5.26 Å². The van der Waals surface area contributed by atoms with Crippen LogP contribution in [0.2, 0.25) is 0 Å². The Balaban J connectivity index is 2.26. The minimum absolute atomic E-state index is 0.0919. The molecule has 20 heavy (non-hydrogen) atoms. The van der Waals surface area contributed by atoms with Gasteiger partial charge in [-0.1, -0.05) is 18.2 Å². The number of halogens is 4. The summed E-state index contributed by atoms with van der Waals surface area (Å²) in [7, 11) is 0. The predicted molar refractivity (Wildman–Crippen MR) is 63.2 cm³/mol. The molecule has 0 saturated heterocycles. The first-order valence-electron chi connectivity index (χ1n) is 5.45. The molecule has 0 bridgehead atoms. The fourth-order valence-corrected chi connectivity index (χ4v) is 1.63. The Kier molecular flexibility index (Phi) is 3.61. The summed E-state index contributed by atoms with van der Waals surface area (Å²) in [5.41, 5.74) is 0.883. The summed E-state index contributed by atoms with van der Waals surface area (Å²) in [6, 6.07) is 10.7. The second-order valence-corrected chi connectivity index (χ2v) is 3.88. The molecular weight excluding hydrogens is 274 g/mol. The first kappa shape index (κ1) is 13.9. The summed E-state index contributed by atoms with van der Waals surface area (Å²) >= 11 is 0. The van der Waals surface area contributed by atoms with Crippen molar-refractivity contribution in [3.05, 3.63) is 53.8 Å². The number of rotatable bonds is 2. The van der Waals surface area contributed by atoms with E-state index in [0.717, 1.165) is 18.2 Å². The molecule has 2 rings (SSSR count). The van der Waals surface area contributed by atoms with Gasteiger partial charge in [-0.05, 0) is 35.4 Å². The Hall–Kier alpha value is -2.55. The van der Waals surface area contributed by atoms with Gasteiger partial charge in [0.2, 0.25) is 0 Å². The van der Waals surface area contributed by atoms with Crippen LogP contribution in [0.25, 0.3) is 11.1 Å². The first-order valence-corrected chi connectivity index (χ1v) is 5.45. The minimum atomic E-state index is -4.75. The lowest BCUT2D eigenvalue weighted by molar-refractivity contribution is -0.274. The average molecular weight is 281 g/mol. The Morgan fingerprint density at radius 1 is 0.950 bits per heavy atom. The van der Waals surface area contributed by atoms with Gasteiger partial charge < -0.3 is 4.74 Å². The summed E-state index contributed by atoms with van der Waals surface area (Å²) in [6.45, 7) is 0. The molecule has 0 spiro atoms. The standard InChI is InChI=1S/C14H7F4NO/c15-13-7-10(1-2-11(13)8-19)9-3-5-12(6-4-9)20-14(16,17)18/h1-7H. The van der Waals surface area contributed by atoms with Crippen LogP contribution in [0.1, 0.15) is 5.56 Å². The van der Waals surface area contributed by atoms with Crippen LogP contribution in [-0.2, 0) is 0 Å². The number of nitriles is 1. The van der Waals surface area contributed by atoms with E-state index >= 15 is 0 Å². The molecule has 102 valence electrons. The molecule has 0 fully saturated rings. The van der Waals surface area contributed by atoms with E-state index in [4.69, 9.17) is 5.26 Å². The lowest BCUT2D eigenvalue weighted by Crippen LogP contribution is -2.16. The van der Waals surface area contributed by atoms with E-state index in [2.05, 4.69) is 4.74 Å². The minimum Gasteiger partial charge on any atom is -0.406 e. The lowest BCUT2D eigenvalue weighted by atomic mass is 10.0. The molecule has 0 aromatic heterocycles. The van der Waals surface area contributed by atoms with Crippen LogP contribution in [0.4, 0.5) is 17.6 Å². The van der Waals surface area contributed by atoms with Crippen LogP contribution in [0, 0.1) is 17.1 Å². The van der Waals surface area contributed by atoms with E-state index < -0.39 is 12.2 Å². The first-order chi connectivity index (χ1) is 9.39. The van der Waals surface area contributed by atoms with Gasteiger partial charge in [-0.25, -0.2) is 4.39 Å². The van der Waals surface area contributed by atoms with Crippen molar-refractivity contribution in [2.24, 2.45) is 0 Å². The van der Waals surface area contributed by atoms with Crippen molar-refractivity contribution in [2.75, 3.05) is 0 Å². The molecule has 0 heterocycles. The van der Waals surface area contributed by atoms with Crippen LogP contribution in [0.5, 0.6) is 5.75 Å². The smallest absolute Gasteiger partial charge is 0.406 e. The van der Waals surface area contributed by atoms with Gasteiger partial charge in [0.05, 0.1) is 5.56 Å². The van der Waals surface area contributed by atoms with E-state index in [-0.39, 0.29) is 11.3 Å². The molecule has 2 aromatic carbocycles. The molecule has 0 aliphatic carbocycles. The third-order valence-electron chi connectivity index (χ3n) is 2.51. The molecule has 0 amide bonds. The predicted octanol–water partition coefficient (Wildman–Crippen LogP) is 4.26. The quantitative estimate of drug-likeness (QED) is 0.770. The zero-order valence-electron chi connectivity index (χ0n) is 9.91. The maximum Gasteiger partial charge on any atom is 0.573 e. The van der Waals surface area contributed by atoms with E-state index in [1.807, 2.05) is 0 Å². The van der Waals surface area contributed by atoms with Crippen molar-refractivity contribution in [3.63, 3.8) is 0 Å². The lowest BCUT2D eigenvalue weighted by Gasteiger charge is -2.09. The van der Waals surface area contributed by atoms with Crippen molar-refractivity contribution >= 4 is 0 Å². The zero-order valence-corrected chi connectivity index (χ0v) is 9.91. The molecule has 0 unspecified atom stereocenters. The topological polar surface area (TPSA) is 33.0 Å². The number of hydrogen-bond acceptors (Lipinski definition) is 2. The third-order valence-corrected chi connectivity index (χ3v) is 2.51. The van der Waals surface area contributed by atoms with Crippen LogP contribution in [0.15, 0.2) is 42.5 Å². The van der Waals surface area contributed by atoms with Gasteiger partial charge in [-0.15, -0.1) is 13.2 Å². The van der Waals surface area contributed by atoms with Crippen molar-refractivity contribution in [2.45, 2.75) is 6.36 Å². The number of nitrogens with zero attached hydrogens (tertiary/aromatic N) is 1. The molecular formula is C14H7F4NO. The molecule has 0 radical (unpaired) electrons. The largest absolute Gasteiger partial charge is 0.573 e. The number of ether oxygens (including phenoxy) is 1. The van der Waals surface area contributed by atoms with Gasteiger partial charge in [0.15, 0.2) is 0 Å². The van der Waals surface area contributed by atoms with Crippen LogP contribution >= 0.6 is 0 Å². The Bertz CT molecular complexity index is 656. The fraction of sp³-hybridized carbons (Fsp3) is 0.0714. The van der Waals surface area contributed by atoms with Crippen LogP contribution in [0.3, 0.4) is 0 Å². The van der Waals surface area contributed by atoms with E-state index in [0.29, 0.717) is 11.1 Å². The maximum atomic E-state index is 13.4. The Morgan fingerprint density at radius 2 is 1.55 bits per heavy atom. The van der Waals surface area contributed by atoms with Crippen molar-refractivity contribution < 1.29 is 22.3 Å².